The number of nitrogens with zero attached hydrogens (tertiary/aromatic N) is 1. The summed E-state index contributed by atoms with van der Waals surface area (Å²) in [7, 11) is 0. The van der Waals surface area contributed by atoms with Gasteiger partial charge in [0.2, 0.25) is 5.76 Å². The molecule has 5 heteroatoms. The molecular formula is C23H27NO4. The van der Waals surface area contributed by atoms with Crippen LogP contribution >= 0.6 is 0 Å². The molecule has 0 unspecified atom stereocenters. The van der Waals surface area contributed by atoms with Crippen LogP contribution < -0.4 is 0 Å². The zero-order chi connectivity index (χ0) is 19.3. The van der Waals surface area contributed by atoms with E-state index in [-0.39, 0.29) is 18.5 Å². The third kappa shape index (κ3) is 4.29. The average Bonchev–Trinajstić information content (AvgIpc) is 3.37. The topological polar surface area (TPSA) is 65.5 Å². The van der Waals surface area contributed by atoms with Gasteiger partial charge in [0.25, 0.3) is 0 Å². The normalized spacial score (nSPS) is 19.8. The van der Waals surface area contributed by atoms with Gasteiger partial charge in [0.05, 0.1) is 5.92 Å². The predicted octanol–water partition coefficient (Wildman–Crippen LogP) is 6.13. The molecule has 1 aromatic carbocycles. The first-order chi connectivity index (χ1) is 13.7. The quantitative estimate of drug-likeness (QED) is 0.461. The van der Waals surface area contributed by atoms with Gasteiger partial charge in [-0.05, 0) is 43.7 Å². The summed E-state index contributed by atoms with van der Waals surface area (Å²) >= 11 is 0. The molecule has 0 amide bonds. The number of furan rings is 1. The maximum Gasteiger partial charge on any atom is 0.309 e. The second-order valence-electron chi connectivity index (χ2n) is 7.80. The molecule has 4 rings (SSSR count). The van der Waals surface area contributed by atoms with E-state index in [0.29, 0.717) is 17.2 Å². The van der Waals surface area contributed by atoms with E-state index >= 15 is 0 Å². The Balaban J connectivity index is 1.29. The maximum atomic E-state index is 12.4. The van der Waals surface area contributed by atoms with Crippen LogP contribution in [-0.4, -0.2) is 11.1 Å². The first kappa shape index (κ1) is 18.8. The van der Waals surface area contributed by atoms with E-state index in [0.717, 1.165) is 42.6 Å². The van der Waals surface area contributed by atoms with E-state index in [1.54, 1.807) is 6.07 Å². The number of ether oxygens (including phenoxy) is 1. The molecule has 0 bridgehead atoms. The van der Waals surface area contributed by atoms with Crippen LogP contribution in [0.1, 0.15) is 57.6 Å². The zero-order valence-corrected chi connectivity index (χ0v) is 16.4. The molecule has 1 aliphatic rings. The lowest BCUT2D eigenvalue weighted by Gasteiger charge is -2.27. The van der Waals surface area contributed by atoms with Crippen LogP contribution in [0.4, 0.5) is 0 Å². The SMILES string of the molecule is CCCCC1CCC(C(=O)OCc2cc(-c3cc4ccccc4o3)on2)CC1. The lowest BCUT2D eigenvalue weighted by molar-refractivity contribution is -0.151. The van der Waals surface area contributed by atoms with E-state index in [1.807, 2.05) is 30.3 Å². The summed E-state index contributed by atoms with van der Waals surface area (Å²) in [5, 5.41) is 5.02. The van der Waals surface area contributed by atoms with E-state index in [4.69, 9.17) is 13.7 Å². The van der Waals surface area contributed by atoms with Crippen LogP contribution in [0.15, 0.2) is 45.3 Å². The van der Waals surface area contributed by atoms with Gasteiger partial charge in [0.1, 0.15) is 17.9 Å². The van der Waals surface area contributed by atoms with E-state index in [1.165, 1.54) is 19.3 Å². The number of hydrogen-bond acceptors (Lipinski definition) is 5. The number of para-hydroxylation sites is 1. The fourth-order valence-electron chi connectivity index (χ4n) is 4.04. The Labute approximate surface area is 165 Å². The molecule has 0 aliphatic heterocycles. The first-order valence-electron chi connectivity index (χ1n) is 10.3. The largest absolute Gasteiger partial charge is 0.459 e. The molecule has 0 atom stereocenters. The summed E-state index contributed by atoms with van der Waals surface area (Å²) in [5.41, 5.74) is 1.40. The summed E-state index contributed by atoms with van der Waals surface area (Å²) < 4.78 is 16.7. The van der Waals surface area contributed by atoms with Crippen molar-refractivity contribution in [2.75, 3.05) is 0 Å². The van der Waals surface area contributed by atoms with Crippen molar-refractivity contribution in [3.8, 4) is 11.5 Å². The Morgan fingerprint density at radius 2 is 1.96 bits per heavy atom. The minimum Gasteiger partial charge on any atom is -0.459 e. The fraction of sp³-hybridized carbons (Fsp3) is 0.478. The van der Waals surface area contributed by atoms with Gasteiger partial charge in [0, 0.05) is 11.5 Å². The number of carbonyl (C=O) groups excluding carboxylic acids is 1. The third-order valence-electron chi connectivity index (χ3n) is 5.74. The van der Waals surface area contributed by atoms with Crippen LogP contribution in [0, 0.1) is 11.8 Å². The summed E-state index contributed by atoms with van der Waals surface area (Å²) in [6.07, 6.45) is 7.99. The van der Waals surface area contributed by atoms with Crippen molar-refractivity contribution in [1.82, 2.24) is 5.16 Å². The van der Waals surface area contributed by atoms with Crippen molar-refractivity contribution in [3.05, 3.63) is 42.1 Å². The Morgan fingerprint density at radius 1 is 1.14 bits per heavy atom. The van der Waals surface area contributed by atoms with Crippen molar-refractivity contribution in [2.45, 2.75) is 58.5 Å². The summed E-state index contributed by atoms with van der Waals surface area (Å²) in [6, 6.07) is 11.5. The molecule has 1 aliphatic carbocycles. The van der Waals surface area contributed by atoms with Crippen LogP contribution in [0.25, 0.3) is 22.5 Å². The molecule has 3 aromatic rings. The zero-order valence-electron chi connectivity index (χ0n) is 16.4. The Kier molecular flexibility index (Phi) is 5.79. The summed E-state index contributed by atoms with van der Waals surface area (Å²) in [5.74, 6) is 1.86. The number of benzene rings is 1. The highest BCUT2D eigenvalue weighted by Crippen LogP contribution is 2.33. The van der Waals surface area contributed by atoms with Gasteiger partial charge in [-0.25, -0.2) is 0 Å². The molecule has 2 aromatic heterocycles. The number of carbonyl (C=O) groups is 1. The smallest absolute Gasteiger partial charge is 0.309 e. The van der Waals surface area contributed by atoms with Crippen LogP contribution in [0.3, 0.4) is 0 Å². The first-order valence-corrected chi connectivity index (χ1v) is 10.3. The van der Waals surface area contributed by atoms with Crippen molar-refractivity contribution < 1.29 is 18.5 Å². The van der Waals surface area contributed by atoms with Crippen molar-refractivity contribution in [1.29, 1.82) is 0 Å². The lowest BCUT2D eigenvalue weighted by Crippen LogP contribution is -2.23. The van der Waals surface area contributed by atoms with Gasteiger partial charge in [-0.1, -0.05) is 49.5 Å². The Bertz CT molecular complexity index is 884. The second-order valence-corrected chi connectivity index (χ2v) is 7.80. The van der Waals surface area contributed by atoms with E-state index in [2.05, 4.69) is 12.1 Å². The minimum absolute atomic E-state index is 0.0274. The van der Waals surface area contributed by atoms with Crippen LogP contribution in [-0.2, 0) is 16.1 Å². The number of esters is 1. The molecule has 28 heavy (non-hydrogen) atoms. The third-order valence-corrected chi connectivity index (χ3v) is 5.74. The molecular weight excluding hydrogens is 354 g/mol. The monoisotopic (exact) mass is 381 g/mol. The fourth-order valence-corrected chi connectivity index (χ4v) is 4.04. The number of rotatable bonds is 7. The molecule has 0 radical (unpaired) electrons. The van der Waals surface area contributed by atoms with Gasteiger partial charge < -0.3 is 13.7 Å². The van der Waals surface area contributed by atoms with Crippen LogP contribution in [0.2, 0.25) is 0 Å². The van der Waals surface area contributed by atoms with Crippen molar-refractivity contribution in [2.24, 2.45) is 11.8 Å². The molecule has 1 fully saturated rings. The van der Waals surface area contributed by atoms with Gasteiger partial charge in [0.15, 0.2) is 5.76 Å². The van der Waals surface area contributed by atoms with E-state index in [9.17, 15) is 4.79 Å². The van der Waals surface area contributed by atoms with Crippen molar-refractivity contribution >= 4 is 16.9 Å². The minimum atomic E-state index is -0.109. The molecule has 0 saturated heterocycles. The lowest BCUT2D eigenvalue weighted by atomic mass is 9.80. The highest BCUT2D eigenvalue weighted by atomic mass is 16.5. The van der Waals surface area contributed by atoms with E-state index < -0.39 is 0 Å². The van der Waals surface area contributed by atoms with Crippen molar-refractivity contribution in [3.63, 3.8) is 0 Å². The predicted molar refractivity (Wildman–Crippen MR) is 106 cm³/mol. The molecule has 0 spiro atoms. The number of aromatic nitrogens is 1. The molecule has 148 valence electrons. The Morgan fingerprint density at radius 3 is 2.75 bits per heavy atom. The van der Waals surface area contributed by atoms with Gasteiger partial charge in [-0.2, -0.15) is 0 Å². The molecule has 5 nitrogen and oxygen atoms in total. The number of unbranched alkanes of at least 4 members (excludes halogenated alkanes) is 1. The maximum absolute atomic E-state index is 12.4. The second kappa shape index (κ2) is 8.63. The van der Waals surface area contributed by atoms with Gasteiger partial charge >= 0.3 is 5.97 Å². The highest BCUT2D eigenvalue weighted by Gasteiger charge is 2.27. The highest BCUT2D eigenvalue weighted by molar-refractivity contribution is 5.81. The summed E-state index contributed by atoms with van der Waals surface area (Å²) in [4.78, 5) is 12.4. The number of hydrogen-bond donors (Lipinski definition) is 0. The van der Waals surface area contributed by atoms with Crippen LogP contribution in [0.5, 0.6) is 0 Å². The molecule has 0 N–H and O–H groups in total. The Hall–Kier alpha value is -2.56. The molecule has 1 saturated carbocycles. The molecule has 2 heterocycles. The summed E-state index contributed by atoms with van der Waals surface area (Å²) in [6.45, 7) is 2.37. The van der Waals surface area contributed by atoms with Gasteiger partial charge in [-0.15, -0.1) is 0 Å². The number of fused-ring (bicyclic) bond motifs is 1. The standard InChI is InChI=1S/C23H27NO4/c1-2-3-6-16-9-11-17(12-10-16)23(25)26-15-19-14-22(28-24-19)21-13-18-7-4-5-8-20(18)27-21/h4-5,7-8,13-14,16-17H,2-3,6,9-12,15H2,1H3. The average molecular weight is 381 g/mol. The van der Waals surface area contributed by atoms with Gasteiger partial charge in [-0.3, -0.25) is 4.79 Å².